The van der Waals surface area contributed by atoms with Crippen LogP contribution in [0.2, 0.25) is 0 Å². The topological polar surface area (TPSA) is 134 Å². The molecule has 0 aliphatic carbocycles. The van der Waals surface area contributed by atoms with E-state index in [1.807, 2.05) is 30.3 Å². The number of hydrogen-bond acceptors (Lipinski definition) is 6. The molecule has 1 aromatic heterocycles. The number of benzene rings is 2. The maximum atomic E-state index is 15.1. The van der Waals surface area contributed by atoms with Gasteiger partial charge in [0, 0.05) is 18.3 Å². The number of carbonyl (C=O) groups excluding carboxylic acids is 1. The standard InChI is InChI=1S/C24H22FN3O6/c25-17-12-34-19(13-33-11-14-4-2-1-3-5-14)20(17)16-7-6-15(24(31)32)10-18(16)28-9-8-27-21(22(26)29)23(28)30/h1-10,17,19-20H,11-13H2,(H2,26,29)(H,31,32)/t17-,19+,20-/m1/s1. The van der Waals surface area contributed by atoms with Gasteiger partial charge in [-0.1, -0.05) is 36.4 Å². The molecular formula is C24H22FN3O6. The van der Waals surface area contributed by atoms with E-state index in [2.05, 4.69) is 4.98 Å². The van der Waals surface area contributed by atoms with Crippen molar-refractivity contribution in [3.63, 3.8) is 0 Å². The predicted molar refractivity (Wildman–Crippen MR) is 119 cm³/mol. The van der Waals surface area contributed by atoms with Gasteiger partial charge in [-0.15, -0.1) is 0 Å². The normalized spacial score (nSPS) is 19.7. The molecule has 3 aromatic rings. The molecule has 0 bridgehead atoms. The molecule has 3 atom stereocenters. The number of amides is 1. The van der Waals surface area contributed by atoms with Gasteiger partial charge in [-0.2, -0.15) is 0 Å². The van der Waals surface area contributed by atoms with Gasteiger partial charge in [0.2, 0.25) is 0 Å². The van der Waals surface area contributed by atoms with Crippen molar-refractivity contribution in [1.29, 1.82) is 0 Å². The van der Waals surface area contributed by atoms with Gasteiger partial charge >= 0.3 is 5.97 Å². The van der Waals surface area contributed by atoms with Crippen LogP contribution in [0, 0.1) is 0 Å². The second kappa shape index (κ2) is 9.94. The van der Waals surface area contributed by atoms with Crippen molar-refractivity contribution >= 4 is 11.9 Å². The number of primary amides is 1. The summed E-state index contributed by atoms with van der Waals surface area (Å²) in [4.78, 5) is 39.8. The first-order chi connectivity index (χ1) is 16.4. The van der Waals surface area contributed by atoms with Gasteiger partial charge in [-0.05, 0) is 23.3 Å². The maximum Gasteiger partial charge on any atom is 0.335 e. The molecule has 2 heterocycles. The molecule has 1 saturated heterocycles. The zero-order valence-electron chi connectivity index (χ0n) is 18.0. The highest BCUT2D eigenvalue weighted by Gasteiger charge is 2.40. The Bertz CT molecular complexity index is 1260. The molecule has 0 saturated carbocycles. The Morgan fingerprint density at radius 2 is 2.00 bits per heavy atom. The summed E-state index contributed by atoms with van der Waals surface area (Å²) in [5.41, 5.74) is 5.15. The van der Waals surface area contributed by atoms with Crippen LogP contribution in [0.5, 0.6) is 0 Å². The van der Waals surface area contributed by atoms with Crippen LogP contribution in [0.1, 0.15) is 37.9 Å². The van der Waals surface area contributed by atoms with Crippen molar-refractivity contribution in [1.82, 2.24) is 9.55 Å². The summed E-state index contributed by atoms with van der Waals surface area (Å²) >= 11 is 0. The third kappa shape index (κ3) is 4.73. The SMILES string of the molecule is NC(=O)c1nccn(-c2cc(C(=O)O)ccc2[C@@H]2[C@H](F)CO[C@H]2COCc2ccccc2)c1=O. The Morgan fingerprint density at radius 3 is 2.71 bits per heavy atom. The molecule has 2 aromatic carbocycles. The van der Waals surface area contributed by atoms with Gasteiger partial charge < -0.3 is 20.3 Å². The minimum atomic E-state index is -1.42. The van der Waals surface area contributed by atoms with Crippen molar-refractivity contribution in [3.8, 4) is 5.69 Å². The maximum absolute atomic E-state index is 15.1. The number of carboxylic acid groups (broad SMARTS) is 1. The highest BCUT2D eigenvalue weighted by molar-refractivity contribution is 5.90. The Labute approximate surface area is 193 Å². The van der Waals surface area contributed by atoms with Gasteiger partial charge in [0.25, 0.3) is 11.5 Å². The van der Waals surface area contributed by atoms with Gasteiger partial charge in [0.15, 0.2) is 5.69 Å². The minimum Gasteiger partial charge on any atom is -0.478 e. The molecular weight excluding hydrogens is 445 g/mol. The molecule has 10 heteroatoms. The Hall–Kier alpha value is -3.89. The van der Waals surface area contributed by atoms with Crippen molar-refractivity contribution in [2.75, 3.05) is 13.2 Å². The lowest BCUT2D eigenvalue weighted by Gasteiger charge is -2.23. The van der Waals surface area contributed by atoms with E-state index in [0.717, 1.165) is 10.1 Å². The fourth-order valence-corrected chi connectivity index (χ4v) is 4.01. The molecule has 1 aliphatic heterocycles. The van der Waals surface area contributed by atoms with Gasteiger partial charge in [-0.25, -0.2) is 14.2 Å². The van der Waals surface area contributed by atoms with Crippen LogP contribution < -0.4 is 11.3 Å². The van der Waals surface area contributed by atoms with Crippen LogP contribution in [0.15, 0.2) is 65.7 Å². The van der Waals surface area contributed by atoms with Crippen molar-refractivity contribution < 1.29 is 28.6 Å². The number of nitrogens with zero attached hydrogens (tertiary/aromatic N) is 2. The summed E-state index contributed by atoms with van der Waals surface area (Å²) in [6.45, 7) is 0.209. The van der Waals surface area contributed by atoms with Crippen LogP contribution in [0.3, 0.4) is 0 Å². The molecule has 0 unspecified atom stereocenters. The summed E-state index contributed by atoms with van der Waals surface area (Å²) in [7, 11) is 0. The van der Waals surface area contributed by atoms with E-state index in [0.29, 0.717) is 12.2 Å². The van der Waals surface area contributed by atoms with E-state index >= 15 is 4.39 Å². The average molecular weight is 467 g/mol. The number of carbonyl (C=O) groups is 2. The fraction of sp³-hybridized carbons (Fsp3) is 0.250. The second-order valence-electron chi connectivity index (χ2n) is 7.81. The number of ether oxygens (including phenoxy) is 2. The Morgan fingerprint density at radius 1 is 1.24 bits per heavy atom. The third-order valence-electron chi connectivity index (χ3n) is 5.62. The van der Waals surface area contributed by atoms with Gasteiger partial charge in [0.05, 0.1) is 37.2 Å². The van der Waals surface area contributed by atoms with Crippen molar-refractivity contribution in [3.05, 3.63) is 93.7 Å². The van der Waals surface area contributed by atoms with Crippen LogP contribution in [-0.2, 0) is 16.1 Å². The van der Waals surface area contributed by atoms with Gasteiger partial charge in [-0.3, -0.25) is 14.2 Å². The highest BCUT2D eigenvalue weighted by atomic mass is 19.1. The molecule has 0 radical (unpaired) electrons. The number of nitrogens with two attached hydrogens (primary N) is 1. The molecule has 1 amide bonds. The quantitative estimate of drug-likeness (QED) is 0.518. The first-order valence-corrected chi connectivity index (χ1v) is 10.5. The lowest BCUT2D eigenvalue weighted by atomic mass is 9.89. The molecule has 1 fully saturated rings. The zero-order chi connectivity index (χ0) is 24.2. The molecule has 9 nitrogen and oxygen atoms in total. The third-order valence-corrected chi connectivity index (χ3v) is 5.62. The summed E-state index contributed by atoms with van der Waals surface area (Å²) in [5, 5.41) is 9.46. The number of alkyl halides is 1. The monoisotopic (exact) mass is 467 g/mol. The smallest absolute Gasteiger partial charge is 0.335 e. The zero-order valence-corrected chi connectivity index (χ0v) is 18.0. The van der Waals surface area contributed by atoms with E-state index in [1.54, 1.807) is 0 Å². The Balaban J connectivity index is 1.71. The number of rotatable bonds is 8. The lowest BCUT2D eigenvalue weighted by Crippen LogP contribution is -2.32. The van der Waals surface area contributed by atoms with Crippen LogP contribution in [0.25, 0.3) is 5.69 Å². The average Bonchev–Trinajstić information content (AvgIpc) is 3.19. The lowest BCUT2D eigenvalue weighted by molar-refractivity contribution is 0.00466. The summed E-state index contributed by atoms with van der Waals surface area (Å²) in [5.74, 6) is -3.10. The number of hydrogen-bond donors (Lipinski definition) is 2. The van der Waals surface area contributed by atoms with Crippen LogP contribution in [0.4, 0.5) is 4.39 Å². The minimum absolute atomic E-state index is 0.0812. The molecule has 4 rings (SSSR count). The number of halogens is 1. The molecule has 1 aliphatic rings. The Kier molecular flexibility index (Phi) is 6.80. The summed E-state index contributed by atoms with van der Waals surface area (Å²) in [6, 6.07) is 13.5. The van der Waals surface area contributed by atoms with Crippen molar-refractivity contribution in [2.24, 2.45) is 5.73 Å². The largest absolute Gasteiger partial charge is 0.478 e. The fourth-order valence-electron chi connectivity index (χ4n) is 4.01. The first-order valence-electron chi connectivity index (χ1n) is 10.5. The van der Waals surface area contributed by atoms with E-state index in [4.69, 9.17) is 15.2 Å². The first kappa shape index (κ1) is 23.3. The summed E-state index contributed by atoms with van der Waals surface area (Å²) < 4.78 is 27.5. The predicted octanol–water partition coefficient (Wildman–Crippen LogP) is 2.07. The molecule has 0 spiro atoms. The van der Waals surface area contributed by atoms with E-state index in [1.165, 1.54) is 30.6 Å². The van der Waals surface area contributed by atoms with E-state index < -0.39 is 41.3 Å². The van der Waals surface area contributed by atoms with Crippen molar-refractivity contribution in [2.45, 2.75) is 24.8 Å². The van der Waals surface area contributed by atoms with E-state index in [9.17, 15) is 19.5 Å². The molecule has 34 heavy (non-hydrogen) atoms. The van der Waals surface area contributed by atoms with Crippen LogP contribution in [-0.4, -0.2) is 52.0 Å². The second-order valence-corrected chi connectivity index (χ2v) is 7.81. The van der Waals surface area contributed by atoms with E-state index in [-0.39, 0.29) is 24.5 Å². The number of carboxylic acids is 1. The summed E-state index contributed by atoms with van der Waals surface area (Å²) in [6.07, 6.45) is 0.356. The number of aromatic carboxylic acids is 1. The van der Waals surface area contributed by atoms with Crippen LogP contribution >= 0.6 is 0 Å². The highest BCUT2D eigenvalue weighted by Crippen LogP contribution is 2.37. The number of aromatic nitrogens is 2. The molecule has 176 valence electrons. The molecule has 3 N–H and O–H groups in total. The van der Waals surface area contributed by atoms with Gasteiger partial charge in [0.1, 0.15) is 6.17 Å².